The highest BCUT2D eigenvalue weighted by atomic mass is 16.2. The van der Waals surface area contributed by atoms with Crippen molar-refractivity contribution in [1.29, 1.82) is 0 Å². The molecule has 0 bridgehead atoms. The van der Waals surface area contributed by atoms with Crippen molar-refractivity contribution in [2.24, 2.45) is 12.5 Å². The van der Waals surface area contributed by atoms with Crippen molar-refractivity contribution in [3.05, 3.63) is 48.0 Å². The Morgan fingerprint density at radius 3 is 2.92 bits per heavy atom. The minimum Gasteiger partial charge on any atom is -0.325 e. The topological polar surface area (TPSA) is 59.0 Å². The molecule has 3 aromatic rings. The lowest BCUT2D eigenvalue weighted by atomic mass is 9.77. The van der Waals surface area contributed by atoms with E-state index in [4.69, 9.17) is 5.10 Å². The summed E-state index contributed by atoms with van der Waals surface area (Å²) in [5.41, 5.74) is 4.97. The van der Waals surface area contributed by atoms with Crippen molar-refractivity contribution >= 4 is 22.5 Å². The fourth-order valence-corrected chi connectivity index (χ4v) is 4.21. The highest BCUT2D eigenvalue weighted by molar-refractivity contribution is 6.00. The number of amides is 1. The number of carbonyl (C=O) groups is 1. The molecule has 1 unspecified atom stereocenters. The zero-order valence-electron chi connectivity index (χ0n) is 14.2. The quantitative estimate of drug-likeness (QED) is 0.720. The normalized spacial score (nSPS) is 22.4. The van der Waals surface area contributed by atoms with Crippen molar-refractivity contribution in [2.75, 3.05) is 18.4 Å². The Labute approximate surface area is 146 Å². The van der Waals surface area contributed by atoms with Crippen LogP contribution in [0.1, 0.15) is 12.0 Å². The monoisotopic (exact) mass is 332 g/mol. The molecule has 1 fully saturated rings. The molecule has 1 atom stereocenters. The Hall–Kier alpha value is -2.66. The molecule has 5 heteroatoms. The summed E-state index contributed by atoms with van der Waals surface area (Å²) in [4.78, 5) is 12.7. The van der Waals surface area contributed by atoms with Crippen molar-refractivity contribution in [2.45, 2.75) is 12.8 Å². The Balaban J connectivity index is 1.59. The molecule has 0 aliphatic carbocycles. The number of fused-ring (bicyclic) bond motifs is 2. The predicted octanol–water partition coefficient (Wildman–Crippen LogP) is 2.71. The van der Waals surface area contributed by atoms with Gasteiger partial charge in [-0.15, -0.1) is 0 Å². The molecule has 0 saturated carbocycles. The van der Waals surface area contributed by atoms with Gasteiger partial charge >= 0.3 is 0 Å². The fraction of sp³-hybridized carbons (Fsp3) is 0.300. The summed E-state index contributed by atoms with van der Waals surface area (Å²) in [6, 6.07) is 14.6. The minimum absolute atomic E-state index is 0.146. The second-order valence-electron chi connectivity index (χ2n) is 7.20. The number of rotatable bonds is 1. The van der Waals surface area contributed by atoms with Gasteiger partial charge in [-0.25, -0.2) is 0 Å². The van der Waals surface area contributed by atoms with E-state index < -0.39 is 0 Å². The lowest BCUT2D eigenvalue weighted by Crippen LogP contribution is -2.43. The lowest BCUT2D eigenvalue weighted by molar-refractivity contribution is -0.125. The van der Waals surface area contributed by atoms with Crippen LogP contribution in [0, 0.1) is 5.41 Å². The van der Waals surface area contributed by atoms with Crippen LogP contribution in [0.25, 0.3) is 22.2 Å². The van der Waals surface area contributed by atoms with Gasteiger partial charge in [0, 0.05) is 30.2 Å². The molecule has 3 heterocycles. The highest BCUT2D eigenvalue weighted by Crippen LogP contribution is 2.40. The molecule has 1 spiro atoms. The summed E-state index contributed by atoms with van der Waals surface area (Å²) in [5, 5.41) is 12.3. The van der Waals surface area contributed by atoms with Crippen LogP contribution in [0.2, 0.25) is 0 Å². The highest BCUT2D eigenvalue weighted by Gasteiger charge is 2.44. The Bertz CT molecular complexity index is 998. The molecule has 2 aliphatic rings. The van der Waals surface area contributed by atoms with E-state index in [9.17, 15) is 4.79 Å². The van der Waals surface area contributed by atoms with Crippen molar-refractivity contribution < 1.29 is 4.79 Å². The van der Waals surface area contributed by atoms with E-state index in [0.717, 1.165) is 53.8 Å². The zero-order valence-corrected chi connectivity index (χ0v) is 14.2. The second-order valence-corrected chi connectivity index (χ2v) is 7.20. The number of hydrogen-bond acceptors (Lipinski definition) is 3. The average Bonchev–Trinajstić information content (AvgIpc) is 3.22. The van der Waals surface area contributed by atoms with Crippen molar-refractivity contribution in [1.82, 2.24) is 15.1 Å². The number of aromatic nitrogens is 2. The zero-order chi connectivity index (χ0) is 17.0. The lowest BCUT2D eigenvalue weighted by Gasteiger charge is -2.33. The molecule has 1 amide bonds. The number of benzene rings is 2. The van der Waals surface area contributed by atoms with Crippen LogP contribution in [0.5, 0.6) is 0 Å². The van der Waals surface area contributed by atoms with Gasteiger partial charge in [0.1, 0.15) is 5.69 Å². The number of para-hydroxylation sites is 1. The second kappa shape index (κ2) is 5.17. The maximum Gasteiger partial charge on any atom is 0.232 e. The van der Waals surface area contributed by atoms with Gasteiger partial charge < -0.3 is 10.6 Å². The van der Waals surface area contributed by atoms with E-state index >= 15 is 0 Å². The van der Waals surface area contributed by atoms with Gasteiger partial charge in [0.25, 0.3) is 0 Å². The van der Waals surface area contributed by atoms with E-state index in [2.05, 4.69) is 41.0 Å². The largest absolute Gasteiger partial charge is 0.325 e. The first-order valence-electron chi connectivity index (χ1n) is 8.74. The smallest absolute Gasteiger partial charge is 0.232 e. The van der Waals surface area contributed by atoms with Crippen molar-refractivity contribution in [3.63, 3.8) is 0 Å². The van der Waals surface area contributed by atoms with Gasteiger partial charge in [-0.2, -0.15) is 5.10 Å². The third-order valence-electron chi connectivity index (χ3n) is 5.64. The number of carbonyl (C=O) groups excluding carboxylic acids is 1. The van der Waals surface area contributed by atoms with Gasteiger partial charge in [0.15, 0.2) is 0 Å². The standard InChI is InChI=1S/C20H20N4O/c1-24-17-5-3-2-4-15(17)18(23-24)13-6-7-14-11-20(8-9-21-12-20)19(25)22-16(14)10-13/h2-7,10,21H,8-9,11-12H2,1H3,(H,22,25). The maximum atomic E-state index is 12.7. The van der Waals surface area contributed by atoms with Crippen LogP contribution in [-0.4, -0.2) is 28.8 Å². The molecule has 5 rings (SSSR count). The molecule has 1 aromatic heterocycles. The van der Waals surface area contributed by atoms with Gasteiger partial charge in [0.05, 0.1) is 10.9 Å². The molecular formula is C20H20N4O. The third kappa shape index (κ3) is 2.12. The van der Waals surface area contributed by atoms with E-state index in [0.29, 0.717) is 0 Å². The number of hydrogen-bond donors (Lipinski definition) is 2. The maximum absolute atomic E-state index is 12.7. The first kappa shape index (κ1) is 14.7. The molecule has 0 radical (unpaired) electrons. The van der Waals surface area contributed by atoms with Crippen LogP contribution >= 0.6 is 0 Å². The summed E-state index contributed by atoms with van der Waals surface area (Å²) >= 11 is 0. The van der Waals surface area contributed by atoms with E-state index in [1.807, 2.05) is 23.9 Å². The Kier molecular flexibility index (Phi) is 3.03. The Morgan fingerprint density at radius 1 is 1.20 bits per heavy atom. The molecule has 2 aromatic carbocycles. The number of anilines is 1. The van der Waals surface area contributed by atoms with Gasteiger partial charge in [0.2, 0.25) is 5.91 Å². The first-order chi connectivity index (χ1) is 12.2. The minimum atomic E-state index is -0.272. The molecular weight excluding hydrogens is 312 g/mol. The molecule has 126 valence electrons. The SMILES string of the molecule is Cn1nc(-c2ccc3c(c2)NC(=O)C2(CCNC2)C3)c2ccccc21. The molecule has 2 aliphatic heterocycles. The molecule has 2 N–H and O–H groups in total. The van der Waals surface area contributed by atoms with Crippen LogP contribution in [0.4, 0.5) is 5.69 Å². The van der Waals surface area contributed by atoms with Crippen LogP contribution < -0.4 is 10.6 Å². The first-order valence-corrected chi connectivity index (χ1v) is 8.74. The van der Waals surface area contributed by atoms with Gasteiger partial charge in [-0.1, -0.05) is 30.3 Å². The van der Waals surface area contributed by atoms with E-state index in [1.165, 1.54) is 5.56 Å². The van der Waals surface area contributed by atoms with Gasteiger partial charge in [-0.05, 0) is 37.1 Å². The van der Waals surface area contributed by atoms with E-state index in [1.54, 1.807) is 0 Å². The predicted molar refractivity (Wildman–Crippen MR) is 98.4 cm³/mol. The average molecular weight is 332 g/mol. The summed E-state index contributed by atoms with van der Waals surface area (Å²) < 4.78 is 1.90. The summed E-state index contributed by atoms with van der Waals surface area (Å²) in [7, 11) is 1.96. The van der Waals surface area contributed by atoms with Gasteiger partial charge in [-0.3, -0.25) is 9.48 Å². The van der Waals surface area contributed by atoms with Crippen LogP contribution in [0.15, 0.2) is 42.5 Å². The number of aryl methyl sites for hydroxylation is 1. The van der Waals surface area contributed by atoms with Crippen molar-refractivity contribution in [3.8, 4) is 11.3 Å². The summed E-state index contributed by atoms with van der Waals surface area (Å²) in [5.74, 6) is 0.146. The summed E-state index contributed by atoms with van der Waals surface area (Å²) in [6.07, 6.45) is 1.72. The number of nitrogens with one attached hydrogen (secondary N) is 2. The molecule has 5 nitrogen and oxygen atoms in total. The fourth-order valence-electron chi connectivity index (χ4n) is 4.21. The molecule has 25 heavy (non-hydrogen) atoms. The molecule has 1 saturated heterocycles. The third-order valence-corrected chi connectivity index (χ3v) is 5.64. The van der Waals surface area contributed by atoms with Crippen LogP contribution in [0.3, 0.4) is 0 Å². The Morgan fingerprint density at radius 2 is 2.08 bits per heavy atom. The van der Waals surface area contributed by atoms with Crippen LogP contribution in [-0.2, 0) is 18.3 Å². The number of nitrogens with zero attached hydrogens (tertiary/aromatic N) is 2. The summed E-state index contributed by atoms with van der Waals surface area (Å²) in [6.45, 7) is 1.69. The van der Waals surface area contributed by atoms with E-state index in [-0.39, 0.29) is 11.3 Å².